The maximum atomic E-state index is 5.64. The van der Waals surface area contributed by atoms with Crippen molar-refractivity contribution >= 4 is 0 Å². The van der Waals surface area contributed by atoms with Crippen LogP contribution in [0.15, 0.2) is 53.1 Å². The van der Waals surface area contributed by atoms with Crippen LogP contribution in [0.3, 0.4) is 0 Å². The van der Waals surface area contributed by atoms with Crippen LogP contribution in [0.25, 0.3) is 11.4 Å². The Morgan fingerprint density at radius 2 is 1.73 bits per heavy atom. The Morgan fingerprint density at radius 1 is 1.00 bits per heavy atom. The van der Waals surface area contributed by atoms with Gasteiger partial charge in [-0.2, -0.15) is 4.98 Å². The highest BCUT2D eigenvalue weighted by atomic mass is 16.5. The van der Waals surface area contributed by atoms with E-state index in [-0.39, 0.29) is 6.61 Å². The van der Waals surface area contributed by atoms with E-state index in [1.807, 2.05) is 43.3 Å². The molecule has 22 heavy (non-hydrogen) atoms. The van der Waals surface area contributed by atoms with Gasteiger partial charge in [0.15, 0.2) is 6.61 Å². The molecule has 3 aromatic rings. The molecule has 0 bridgehead atoms. The van der Waals surface area contributed by atoms with Crippen molar-refractivity contribution in [3.05, 3.63) is 65.5 Å². The molecule has 0 spiro atoms. The van der Waals surface area contributed by atoms with Gasteiger partial charge in [-0.15, -0.1) is 0 Å². The number of hydrogen-bond acceptors (Lipinski definition) is 4. The minimum absolute atomic E-state index is 0.267. The first-order valence-electron chi connectivity index (χ1n) is 7.36. The lowest BCUT2D eigenvalue weighted by atomic mass is 10.1. The number of ether oxygens (including phenoxy) is 1. The largest absolute Gasteiger partial charge is 0.484 e. The van der Waals surface area contributed by atoms with Crippen molar-refractivity contribution < 1.29 is 9.26 Å². The van der Waals surface area contributed by atoms with Crippen molar-refractivity contribution in [3.8, 4) is 17.1 Å². The van der Waals surface area contributed by atoms with Gasteiger partial charge in [0.05, 0.1) is 0 Å². The molecule has 0 aliphatic carbocycles. The average Bonchev–Trinajstić information content (AvgIpc) is 3.03. The maximum Gasteiger partial charge on any atom is 0.264 e. The van der Waals surface area contributed by atoms with E-state index in [4.69, 9.17) is 9.26 Å². The Labute approximate surface area is 129 Å². The molecule has 0 aliphatic rings. The molecule has 0 N–H and O–H groups in total. The fourth-order valence-corrected chi connectivity index (χ4v) is 2.10. The summed E-state index contributed by atoms with van der Waals surface area (Å²) >= 11 is 0. The van der Waals surface area contributed by atoms with E-state index in [0.29, 0.717) is 11.7 Å². The molecule has 0 atom stereocenters. The molecule has 0 aliphatic heterocycles. The molecule has 0 radical (unpaired) electrons. The molecule has 0 saturated heterocycles. The Kier molecular flexibility index (Phi) is 4.19. The summed E-state index contributed by atoms with van der Waals surface area (Å²) in [6.07, 6.45) is 1.02. The monoisotopic (exact) mass is 294 g/mol. The Morgan fingerprint density at radius 3 is 2.41 bits per heavy atom. The summed E-state index contributed by atoms with van der Waals surface area (Å²) in [6, 6.07) is 16.0. The van der Waals surface area contributed by atoms with Gasteiger partial charge in [-0.25, -0.2) is 0 Å². The van der Waals surface area contributed by atoms with E-state index in [9.17, 15) is 0 Å². The van der Waals surface area contributed by atoms with Gasteiger partial charge in [0.2, 0.25) is 5.82 Å². The fraction of sp³-hybridized carbons (Fsp3) is 0.222. The second-order valence-corrected chi connectivity index (χ2v) is 5.16. The van der Waals surface area contributed by atoms with E-state index < -0.39 is 0 Å². The van der Waals surface area contributed by atoms with Crippen molar-refractivity contribution in [2.24, 2.45) is 0 Å². The smallest absolute Gasteiger partial charge is 0.264 e. The van der Waals surface area contributed by atoms with Crippen molar-refractivity contribution in [2.75, 3.05) is 0 Å². The molecule has 112 valence electrons. The summed E-state index contributed by atoms with van der Waals surface area (Å²) in [4.78, 5) is 4.37. The third-order valence-corrected chi connectivity index (χ3v) is 3.47. The van der Waals surface area contributed by atoms with E-state index in [1.165, 1.54) is 11.1 Å². The summed E-state index contributed by atoms with van der Waals surface area (Å²) in [7, 11) is 0. The second kappa shape index (κ2) is 6.43. The standard InChI is InChI=1S/C18H18N2O2/c1-3-14-6-8-15(9-7-14)18-19-17(22-20-18)12-21-16-10-4-13(2)5-11-16/h4-11H,3,12H2,1-2H3. The predicted octanol–water partition coefficient (Wildman–Crippen LogP) is 4.19. The third kappa shape index (κ3) is 3.34. The molecule has 0 saturated carbocycles. The highest BCUT2D eigenvalue weighted by Gasteiger charge is 2.09. The Hall–Kier alpha value is -2.62. The van der Waals surface area contributed by atoms with Gasteiger partial charge in [0, 0.05) is 5.56 Å². The van der Waals surface area contributed by atoms with E-state index in [2.05, 4.69) is 29.2 Å². The summed E-state index contributed by atoms with van der Waals surface area (Å²) in [5.41, 5.74) is 3.43. The van der Waals surface area contributed by atoms with Crippen molar-refractivity contribution in [2.45, 2.75) is 26.9 Å². The lowest BCUT2D eigenvalue weighted by Crippen LogP contribution is -1.95. The average molecular weight is 294 g/mol. The molecule has 0 amide bonds. The van der Waals surface area contributed by atoms with Crippen LogP contribution in [0.1, 0.15) is 23.9 Å². The molecule has 0 unspecified atom stereocenters. The summed E-state index contributed by atoms with van der Waals surface area (Å²) < 4.78 is 10.9. The molecular weight excluding hydrogens is 276 g/mol. The normalized spacial score (nSPS) is 10.6. The van der Waals surface area contributed by atoms with Gasteiger partial charge in [-0.1, -0.05) is 54.0 Å². The fourth-order valence-electron chi connectivity index (χ4n) is 2.10. The molecule has 1 aromatic heterocycles. The quantitative estimate of drug-likeness (QED) is 0.708. The molecule has 0 fully saturated rings. The van der Waals surface area contributed by atoms with Crippen LogP contribution in [-0.2, 0) is 13.0 Å². The summed E-state index contributed by atoms with van der Waals surface area (Å²) in [5.74, 6) is 1.85. The van der Waals surface area contributed by atoms with Gasteiger partial charge in [0.25, 0.3) is 5.89 Å². The molecule has 4 nitrogen and oxygen atoms in total. The number of hydrogen-bond donors (Lipinski definition) is 0. The van der Waals surface area contributed by atoms with E-state index >= 15 is 0 Å². The zero-order valence-corrected chi connectivity index (χ0v) is 12.7. The third-order valence-electron chi connectivity index (χ3n) is 3.47. The van der Waals surface area contributed by atoms with Crippen molar-refractivity contribution in [1.82, 2.24) is 10.1 Å². The van der Waals surface area contributed by atoms with E-state index in [0.717, 1.165) is 17.7 Å². The first-order valence-corrected chi connectivity index (χ1v) is 7.36. The molecule has 4 heteroatoms. The topological polar surface area (TPSA) is 48.2 Å². The van der Waals surface area contributed by atoms with Crippen LogP contribution in [-0.4, -0.2) is 10.1 Å². The SMILES string of the molecule is CCc1ccc(-c2noc(COc3ccc(C)cc3)n2)cc1. The molecule has 3 rings (SSSR count). The number of aromatic nitrogens is 2. The molecule has 2 aromatic carbocycles. The Bertz CT molecular complexity index is 731. The van der Waals surface area contributed by atoms with Gasteiger partial charge in [-0.05, 0) is 31.0 Å². The Balaban J connectivity index is 1.66. The molecule has 1 heterocycles. The van der Waals surface area contributed by atoms with Crippen LogP contribution >= 0.6 is 0 Å². The number of nitrogens with zero attached hydrogens (tertiary/aromatic N) is 2. The first-order chi connectivity index (χ1) is 10.7. The van der Waals surface area contributed by atoms with Gasteiger partial charge in [0.1, 0.15) is 5.75 Å². The van der Waals surface area contributed by atoms with Gasteiger partial charge < -0.3 is 9.26 Å². The number of aryl methyl sites for hydroxylation is 2. The minimum atomic E-state index is 0.267. The lowest BCUT2D eigenvalue weighted by molar-refractivity contribution is 0.243. The predicted molar refractivity (Wildman–Crippen MR) is 84.6 cm³/mol. The number of rotatable bonds is 5. The first kappa shape index (κ1) is 14.3. The second-order valence-electron chi connectivity index (χ2n) is 5.16. The lowest BCUT2D eigenvalue weighted by Gasteiger charge is -2.02. The van der Waals surface area contributed by atoms with Crippen LogP contribution in [0.2, 0.25) is 0 Å². The zero-order chi connectivity index (χ0) is 15.4. The highest BCUT2D eigenvalue weighted by Crippen LogP contribution is 2.18. The van der Waals surface area contributed by atoms with Crippen LogP contribution in [0.4, 0.5) is 0 Å². The van der Waals surface area contributed by atoms with Crippen LogP contribution in [0, 0.1) is 6.92 Å². The summed E-state index contributed by atoms with van der Waals surface area (Å²) in [5, 5.41) is 4.00. The summed E-state index contributed by atoms with van der Waals surface area (Å²) in [6.45, 7) is 4.44. The number of benzene rings is 2. The van der Waals surface area contributed by atoms with Crippen molar-refractivity contribution in [1.29, 1.82) is 0 Å². The van der Waals surface area contributed by atoms with Crippen LogP contribution < -0.4 is 4.74 Å². The zero-order valence-electron chi connectivity index (χ0n) is 12.7. The highest BCUT2D eigenvalue weighted by molar-refractivity contribution is 5.54. The van der Waals surface area contributed by atoms with Crippen molar-refractivity contribution in [3.63, 3.8) is 0 Å². The maximum absolute atomic E-state index is 5.64. The molecular formula is C18H18N2O2. The van der Waals surface area contributed by atoms with Gasteiger partial charge in [-0.3, -0.25) is 0 Å². The van der Waals surface area contributed by atoms with Gasteiger partial charge >= 0.3 is 0 Å². The van der Waals surface area contributed by atoms with Crippen LogP contribution in [0.5, 0.6) is 5.75 Å². The van der Waals surface area contributed by atoms with E-state index in [1.54, 1.807) is 0 Å². The minimum Gasteiger partial charge on any atom is -0.484 e.